The minimum absolute atomic E-state index is 0.0579. The van der Waals surface area contributed by atoms with Gasteiger partial charge in [-0.2, -0.15) is 0 Å². The van der Waals surface area contributed by atoms with Crippen LogP contribution in [0.25, 0.3) is 0 Å². The summed E-state index contributed by atoms with van der Waals surface area (Å²) in [5.74, 6) is 4.03. The monoisotopic (exact) mass is 367 g/mol. The van der Waals surface area contributed by atoms with Crippen LogP contribution in [0.15, 0.2) is 24.3 Å². The van der Waals surface area contributed by atoms with Gasteiger partial charge in [0.1, 0.15) is 5.75 Å². The number of carbonyl (C=O) groups is 1. The third-order valence-corrected chi connectivity index (χ3v) is 7.75. The lowest BCUT2D eigenvalue weighted by Gasteiger charge is -2.56. The van der Waals surface area contributed by atoms with E-state index in [4.69, 9.17) is 4.74 Å². The second-order valence-corrected chi connectivity index (χ2v) is 9.96. The van der Waals surface area contributed by atoms with Gasteiger partial charge in [-0.25, -0.2) is 0 Å². The summed E-state index contributed by atoms with van der Waals surface area (Å²) in [5.41, 5.74) is 0.784. The topological polar surface area (TPSA) is 38.3 Å². The number of para-hydroxylation sites is 1. The average Bonchev–Trinajstić information content (AvgIpc) is 2.66. The lowest BCUT2D eigenvalue weighted by atomic mass is 9.53. The van der Waals surface area contributed by atoms with Gasteiger partial charge in [0.15, 0.2) is 0 Å². The molecule has 1 aromatic carbocycles. The van der Waals surface area contributed by atoms with Crippen molar-refractivity contribution in [2.24, 2.45) is 23.7 Å². The first-order valence-corrected chi connectivity index (χ1v) is 11.2. The van der Waals surface area contributed by atoms with E-state index < -0.39 is 0 Å². The SMILES string of the molecule is O=C(NC12CC3CC(CC(C3)C1)C2)c1ccccc1OCC1CCCCC1. The largest absolute Gasteiger partial charge is 0.492 e. The molecule has 0 aromatic heterocycles. The highest BCUT2D eigenvalue weighted by Gasteiger charge is 2.51. The second-order valence-electron chi connectivity index (χ2n) is 9.96. The molecule has 1 amide bonds. The Labute approximate surface area is 163 Å². The smallest absolute Gasteiger partial charge is 0.255 e. The third-order valence-electron chi connectivity index (χ3n) is 7.75. The van der Waals surface area contributed by atoms with Gasteiger partial charge in [0, 0.05) is 5.54 Å². The van der Waals surface area contributed by atoms with Crippen LogP contribution in [0.4, 0.5) is 0 Å². The van der Waals surface area contributed by atoms with E-state index in [2.05, 4.69) is 5.32 Å². The van der Waals surface area contributed by atoms with Gasteiger partial charge < -0.3 is 10.1 Å². The van der Waals surface area contributed by atoms with Crippen molar-refractivity contribution in [2.45, 2.75) is 76.2 Å². The highest BCUT2D eigenvalue weighted by atomic mass is 16.5. The molecule has 0 saturated heterocycles. The number of hydrogen-bond acceptors (Lipinski definition) is 2. The van der Waals surface area contributed by atoms with Crippen LogP contribution >= 0.6 is 0 Å². The Hall–Kier alpha value is -1.51. The molecule has 5 aliphatic rings. The molecule has 146 valence electrons. The first kappa shape index (κ1) is 17.6. The van der Waals surface area contributed by atoms with E-state index in [1.54, 1.807) is 0 Å². The predicted octanol–water partition coefficient (Wildman–Crippen LogP) is 5.34. The molecule has 1 N–H and O–H groups in total. The Morgan fingerprint density at radius 2 is 1.59 bits per heavy atom. The molecule has 5 fully saturated rings. The molecule has 5 aliphatic carbocycles. The van der Waals surface area contributed by atoms with Crippen molar-refractivity contribution < 1.29 is 9.53 Å². The van der Waals surface area contributed by atoms with Crippen molar-refractivity contribution in [3.63, 3.8) is 0 Å². The van der Waals surface area contributed by atoms with Crippen LogP contribution in [0.1, 0.15) is 81.0 Å². The van der Waals surface area contributed by atoms with Crippen LogP contribution < -0.4 is 10.1 Å². The minimum atomic E-state index is 0.0579. The Morgan fingerprint density at radius 1 is 0.963 bits per heavy atom. The summed E-state index contributed by atoms with van der Waals surface area (Å²) in [6, 6.07) is 7.85. The van der Waals surface area contributed by atoms with Crippen LogP contribution in [-0.4, -0.2) is 18.1 Å². The van der Waals surface area contributed by atoms with E-state index in [0.29, 0.717) is 5.92 Å². The molecule has 0 atom stereocenters. The molecular weight excluding hydrogens is 334 g/mol. The summed E-state index contributed by atoms with van der Waals surface area (Å²) >= 11 is 0. The number of hydrogen-bond donors (Lipinski definition) is 1. The van der Waals surface area contributed by atoms with Crippen LogP contribution in [0, 0.1) is 23.7 Å². The first-order chi connectivity index (χ1) is 13.2. The summed E-state index contributed by atoms with van der Waals surface area (Å²) in [4.78, 5) is 13.2. The lowest BCUT2D eigenvalue weighted by molar-refractivity contribution is -0.0167. The molecule has 5 saturated carbocycles. The van der Waals surface area contributed by atoms with Crippen LogP contribution in [-0.2, 0) is 0 Å². The van der Waals surface area contributed by atoms with E-state index in [1.165, 1.54) is 70.6 Å². The minimum Gasteiger partial charge on any atom is -0.492 e. The van der Waals surface area contributed by atoms with E-state index in [-0.39, 0.29) is 11.4 Å². The van der Waals surface area contributed by atoms with E-state index in [9.17, 15) is 4.79 Å². The molecule has 0 unspecified atom stereocenters. The fourth-order valence-corrected chi connectivity index (χ4v) is 6.91. The summed E-state index contributed by atoms with van der Waals surface area (Å²) in [6.07, 6.45) is 14.3. The number of amides is 1. The summed E-state index contributed by atoms with van der Waals surface area (Å²) < 4.78 is 6.16. The van der Waals surface area contributed by atoms with E-state index in [1.807, 2.05) is 24.3 Å². The van der Waals surface area contributed by atoms with Gasteiger partial charge in [-0.05, 0) is 87.2 Å². The molecule has 3 nitrogen and oxygen atoms in total. The zero-order chi connectivity index (χ0) is 18.3. The molecular formula is C24H33NO2. The van der Waals surface area contributed by atoms with Gasteiger partial charge in [0.2, 0.25) is 0 Å². The average molecular weight is 368 g/mol. The van der Waals surface area contributed by atoms with Gasteiger partial charge in [-0.15, -0.1) is 0 Å². The molecule has 0 aliphatic heterocycles. The van der Waals surface area contributed by atoms with Crippen molar-refractivity contribution in [1.29, 1.82) is 0 Å². The zero-order valence-electron chi connectivity index (χ0n) is 16.4. The molecule has 0 radical (unpaired) electrons. The van der Waals surface area contributed by atoms with Gasteiger partial charge >= 0.3 is 0 Å². The maximum atomic E-state index is 13.2. The maximum absolute atomic E-state index is 13.2. The molecule has 0 heterocycles. The number of benzene rings is 1. The van der Waals surface area contributed by atoms with Crippen molar-refractivity contribution in [1.82, 2.24) is 5.32 Å². The quantitative estimate of drug-likeness (QED) is 0.762. The summed E-state index contributed by atoms with van der Waals surface area (Å²) in [7, 11) is 0. The molecule has 4 bridgehead atoms. The predicted molar refractivity (Wildman–Crippen MR) is 107 cm³/mol. The van der Waals surface area contributed by atoms with E-state index in [0.717, 1.165) is 35.7 Å². The van der Waals surface area contributed by atoms with Crippen LogP contribution in [0.5, 0.6) is 5.75 Å². The summed E-state index contributed by atoms with van der Waals surface area (Å²) in [5, 5.41) is 3.50. The Balaban J connectivity index is 1.27. The highest BCUT2D eigenvalue weighted by molar-refractivity contribution is 5.97. The van der Waals surface area contributed by atoms with Gasteiger partial charge in [0.05, 0.1) is 12.2 Å². The Kier molecular flexibility index (Phi) is 4.65. The molecule has 6 rings (SSSR count). The van der Waals surface area contributed by atoms with Crippen molar-refractivity contribution >= 4 is 5.91 Å². The number of carbonyl (C=O) groups excluding carboxylic acids is 1. The molecule has 3 heteroatoms. The fourth-order valence-electron chi connectivity index (χ4n) is 6.91. The lowest BCUT2D eigenvalue weighted by Crippen LogP contribution is -2.59. The number of ether oxygens (including phenoxy) is 1. The van der Waals surface area contributed by atoms with Crippen molar-refractivity contribution in [2.75, 3.05) is 6.61 Å². The van der Waals surface area contributed by atoms with Gasteiger partial charge in [-0.3, -0.25) is 4.79 Å². The van der Waals surface area contributed by atoms with Crippen LogP contribution in [0.3, 0.4) is 0 Å². The van der Waals surface area contributed by atoms with Crippen molar-refractivity contribution in [3.8, 4) is 5.75 Å². The number of rotatable bonds is 5. The summed E-state index contributed by atoms with van der Waals surface area (Å²) in [6.45, 7) is 0.752. The molecule has 1 aromatic rings. The number of nitrogens with one attached hydrogen (secondary N) is 1. The normalized spacial score (nSPS) is 35.2. The standard InChI is InChI=1S/C24H33NO2/c26-23(25-24-13-18-10-19(14-24)12-20(11-18)15-24)21-8-4-5-9-22(21)27-16-17-6-2-1-3-7-17/h4-5,8-9,17-20H,1-3,6-7,10-16H2,(H,25,26). The van der Waals surface area contributed by atoms with E-state index >= 15 is 0 Å². The Morgan fingerprint density at radius 3 is 2.26 bits per heavy atom. The first-order valence-electron chi connectivity index (χ1n) is 11.2. The maximum Gasteiger partial charge on any atom is 0.255 e. The van der Waals surface area contributed by atoms with Gasteiger partial charge in [-0.1, -0.05) is 31.4 Å². The Bertz CT molecular complexity index is 656. The highest BCUT2D eigenvalue weighted by Crippen LogP contribution is 2.55. The zero-order valence-corrected chi connectivity index (χ0v) is 16.4. The second kappa shape index (κ2) is 7.14. The molecule has 0 spiro atoms. The van der Waals surface area contributed by atoms with Gasteiger partial charge in [0.25, 0.3) is 5.91 Å². The third kappa shape index (κ3) is 3.62. The molecule has 27 heavy (non-hydrogen) atoms. The van der Waals surface area contributed by atoms with Crippen LogP contribution in [0.2, 0.25) is 0 Å². The fraction of sp³-hybridized carbons (Fsp3) is 0.708. The van der Waals surface area contributed by atoms with Crippen molar-refractivity contribution in [3.05, 3.63) is 29.8 Å².